The Morgan fingerprint density at radius 2 is 1.67 bits per heavy atom. The highest BCUT2D eigenvalue weighted by molar-refractivity contribution is 5.84. The summed E-state index contributed by atoms with van der Waals surface area (Å²) in [7, 11) is 0. The molecule has 1 saturated heterocycles. The molecule has 1 fully saturated rings. The topological polar surface area (TPSA) is 32.3 Å². The average Bonchev–Trinajstić information content (AvgIpc) is 2.71. The predicted molar refractivity (Wildman–Crippen MR) is 90.1 cm³/mol. The molecule has 0 radical (unpaired) electrons. The fourth-order valence-corrected chi connectivity index (χ4v) is 3.21. The molecule has 2 atom stereocenters. The van der Waals surface area contributed by atoms with E-state index in [0.29, 0.717) is 17.7 Å². The Morgan fingerprint density at radius 3 is 2.24 bits per heavy atom. The Hall–Kier alpha value is -0.570. The number of hydrogen-bond acceptors (Lipinski definition) is 2. The maximum Gasteiger partial charge on any atom is 0.241 e. The number of carbonyl (C=O) groups excluding carboxylic acids is 1. The SMILES string of the molecule is CCCCCCCCN1C(=O)C(CC(C)C)NC1C(C)C. The van der Waals surface area contributed by atoms with Gasteiger partial charge in [0.2, 0.25) is 5.91 Å². The zero-order chi connectivity index (χ0) is 15.8. The molecule has 0 aromatic heterocycles. The van der Waals surface area contributed by atoms with E-state index in [0.717, 1.165) is 19.4 Å². The lowest BCUT2D eigenvalue weighted by Gasteiger charge is -2.27. The van der Waals surface area contributed by atoms with Crippen molar-refractivity contribution in [3.05, 3.63) is 0 Å². The minimum atomic E-state index is 0.0393. The number of unbranched alkanes of at least 4 members (excludes halogenated alkanes) is 5. The zero-order valence-electron chi connectivity index (χ0n) is 14.8. The van der Waals surface area contributed by atoms with Gasteiger partial charge in [-0.3, -0.25) is 10.1 Å². The Balaban J connectivity index is 2.43. The molecule has 1 aliphatic rings. The third-order valence-electron chi connectivity index (χ3n) is 4.38. The summed E-state index contributed by atoms with van der Waals surface area (Å²) in [4.78, 5) is 14.7. The molecule has 1 amide bonds. The Kier molecular flexibility index (Phi) is 8.31. The Bertz CT molecular complexity index is 302. The van der Waals surface area contributed by atoms with Crippen LogP contribution in [0.3, 0.4) is 0 Å². The first-order chi connectivity index (χ1) is 9.97. The molecule has 0 aliphatic carbocycles. The number of carbonyl (C=O) groups is 1. The maximum atomic E-state index is 12.6. The molecule has 21 heavy (non-hydrogen) atoms. The first kappa shape index (κ1) is 18.5. The first-order valence-corrected chi connectivity index (χ1v) is 9.03. The highest BCUT2D eigenvalue weighted by atomic mass is 16.2. The number of rotatable bonds is 10. The molecule has 1 aliphatic heterocycles. The molecule has 0 saturated carbocycles. The van der Waals surface area contributed by atoms with Gasteiger partial charge in [0, 0.05) is 6.54 Å². The van der Waals surface area contributed by atoms with Crippen molar-refractivity contribution in [3.63, 3.8) is 0 Å². The zero-order valence-corrected chi connectivity index (χ0v) is 14.8. The summed E-state index contributed by atoms with van der Waals surface area (Å²) >= 11 is 0. The first-order valence-electron chi connectivity index (χ1n) is 9.03. The van der Waals surface area contributed by atoms with E-state index in [9.17, 15) is 4.79 Å². The smallest absolute Gasteiger partial charge is 0.241 e. The lowest BCUT2D eigenvalue weighted by Crippen LogP contribution is -2.42. The van der Waals surface area contributed by atoms with Crippen LogP contribution < -0.4 is 5.32 Å². The van der Waals surface area contributed by atoms with Crippen molar-refractivity contribution in [2.75, 3.05) is 6.54 Å². The van der Waals surface area contributed by atoms with E-state index in [1.54, 1.807) is 0 Å². The van der Waals surface area contributed by atoms with Crippen molar-refractivity contribution in [1.29, 1.82) is 0 Å². The normalized spacial score (nSPS) is 22.8. The average molecular weight is 296 g/mol. The second-order valence-electron chi connectivity index (χ2n) is 7.34. The molecule has 3 heteroatoms. The Labute approximate surface area is 131 Å². The highest BCUT2D eigenvalue weighted by Gasteiger charge is 2.39. The molecular weight excluding hydrogens is 260 g/mol. The highest BCUT2D eigenvalue weighted by Crippen LogP contribution is 2.22. The lowest BCUT2D eigenvalue weighted by molar-refractivity contribution is -0.130. The molecule has 0 bridgehead atoms. The summed E-state index contributed by atoms with van der Waals surface area (Å²) in [6.07, 6.45) is 8.87. The van der Waals surface area contributed by atoms with Crippen LogP contribution in [-0.2, 0) is 4.79 Å². The third kappa shape index (κ3) is 5.98. The van der Waals surface area contributed by atoms with Crippen molar-refractivity contribution in [3.8, 4) is 0 Å². The number of amides is 1. The van der Waals surface area contributed by atoms with E-state index < -0.39 is 0 Å². The number of hydrogen-bond donors (Lipinski definition) is 1. The number of nitrogens with zero attached hydrogens (tertiary/aromatic N) is 1. The molecule has 3 nitrogen and oxygen atoms in total. The van der Waals surface area contributed by atoms with Crippen LogP contribution in [0.25, 0.3) is 0 Å². The van der Waals surface area contributed by atoms with Gasteiger partial charge < -0.3 is 4.90 Å². The van der Waals surface area contributed by atoms with Gasteiger partial charge in [-0.1, -0.05) is 66.7 Å². The van der Waals surface area contributed by atoms with Gasteiger partial charge in [0.05, 0.1) is 12.2 Å². The van der Waals surface area contributed by atoms with E-state index in [1.807, 2.05) is 0 Å². The van der Waals surface area contributed by atoms with Crippen molar-refractivity contribution in [2.45, 2.75) is 91.8 Å². The van der Waals surface area contributed by atoms with Crippen molar-refractivity contribution in [1.82, 2.24) is 10.2 Å². The second-order valence-corrected chi connectivity index (χ2v) is 7.34. The van der Waals surface area contributed by atoms with E-state index in [-0.39, 0.29) is 12.2 Å². The van der Waals surface area contributed by atoms with Gasteiger partial charge in [-0.15, -0.1) is 0 Å². The van der Waals surface area contributed by atoms with Crippen molar-refractivity contribution >= 4 is 5.91 Å². The van der Waals surface area contributed by atoms with E-state index in [2.05, 4.69) is 44.8 Å². The van der Waals surface area contributed by atoms with E-state index in [4.69, 9.17) is 0 Å². The van der Waals surface area contributed by atoms with E-state index >= 15 is 0 Å². The molecule has 0 aromatic rings. The van der Waals surface area contributed by atoms with Crippen LogP contribution in [0.4, 0.5) is 0 Å². The molecular formula is C18H36N2O. The largest absolute Gasteiger partial charge is 0.326 e. The van der Waals surface area contributed by atoms with Crippen LogP contribution in [0.15, 0.2) is 0 Å². The van der Waals surface area contributed by atoms with Gasteiger partial charge in [-0.2, -0.15) is 0 Å². The summed E-state index contributed by atoms with van der Waals surface area (Å²) in [5.41, 5.74) is 0. The van der Waals surface area contributed by atoms with Crippen LogP contribution >= 0.6 is 0 Å². The van der Waals surface area contributed by atoms with Crippen LogP contribution in [0.5, 0.6) is 0 Å². The summed E-state index contributed by atoms with van der Waals surface area (Å²) in [6.45, 7) is 12.0. The summed E-state index contributed by atoms with van der Waals surface area (Å²) < 4.78 is 0. The van der Waals surface area contributed by atoms with Gasteiger partial charge in [0.25, 0.3) is 0 Å². The van der Waals surface area contributed by atoms with Gasteiger partial charge >= 0.3 is 0 Å². The van der Waals surface area contributed by atoms with E-state index in [1.165, 1.54) is 32.1 Å². The fourth-order valence-electron chi connectivity index (χ4n) is 3.21. The third-order valence-corrected chi connectivity index (χ3v) is 4.38. The van der Waals surface area contributed by atoms with Crippen LogP contribution in [0.2, 0.25) is 0 Å². The van der Waals surface area contributed by atoms with Gasteiger partial charge in [0.1, 0.15) is 0 Å². The fraction of sp³-hybridized carbons (Fsp3) is 0.944. The molecule has 124 valence electrons. The minimum absolute atomic E-state index is 0.0393. The predicted octanol–water partition coefficient (Wildman–Crippen LogP) is 4.18. The van der Waals surface area contributed by atoms with Crippen LogP contribution in [0.1, 0.15) is 79.6 Å². The Morgan fingerprint density at radius 1 is 1.05 bits per heavy atom. The molecule has 0 aromatic carbocycles. The minimum Gasteiger partial charge on any atom is -0.326 e. The van der Waals surface area contributed by atoms with Crippen LogP contribution in [0, 0.1) is 11.8 Å². The molecule has 1 heterocycles. The monoisotopic (exact) mass is 296 g/mol. The van der Waals surface area contributed by atoms with Gasteiger partial charge in [0.15, 0.2) is 0 Å². The van der Waals surface area contributed by atoms with Crippen molar-refractivity contribution < 1.29 is 4.79 Å². The molecule has 0 spiro atoms. The summed E-state index contributed by atoms with van der Waals surface area (Å²) in [5.74, 6) is 1.37. The van der Waals surface area contributed by atoms with Gasteiger partial charge in [-0.05, 0) is 24.7 Å². The van der Waals surface area contributed by atoms with Gasteiger partial charge in [-0.25, -0.2) is 0 Å². The molecule has 1 rings (SSSR count). The summed E-state index contributed by atoms with van der Waals surface area (Å²) in [5, 5.41) is 3.56. The maximum absolute atomic E-state index is 12.6. The standard InChI is InChI=1S/C18H36N2O/c1-6-7-8-9-10-11-12-20-17(15(4)5)19-16(18(20)21)13-14(2)3/h14-17,19H,6-13H2,1-5H3. The quantitative estimate of drug-likeness (QED) is 0.613. The number of nitrogens with one attached hydrogen (secondary N) is 1. The molecule has 2 unspecified atom stereocenters. The molecule has 1 N–H and O–H groups in total. The second kappa shape index (κ2) is 9.45. The summed E-state index contributed by atoms with van der Waals surface area (Å²) in [6, 6.07) is 0.0393. The van der Waals surface area contributed by atoms with Crippen LogP contribution in [-0.4, -0.2) is 29.6 Å². The van der Waals surface area contributed by atoms with Crippen molar-refractivity contribution in [2.24, 2.45) is 11.8 Å². The lowest BCUT2D eigenvalue weighted by atomic mass is 10.0.